The maximum absolute atomic E-state index is 12.5. The molecule has 3 rings (SSSR count). The van der Waals surface area contributed by atoms with Crippen LogP contribution in [-0.4, -0.2) is 9.55 Å². The van der Waals surface area contributed by atoms with Gasteiger partial charge in [0, 0.05) is 29.6 Å². The number of rotatable bonds is 4. The van der Waals surface area contributed by atoms with Crippen molar-refractivity contribution >= 4 is 17.4 Å². The van der Waals surface area contributed by atoms with Crippen LogP contribution in [0.15, 0.2) is 65.7 Å². The number of nitrogens with one attached hydrogen (secondary N) is 1. The molecule has 4 nitrogen and oxygen atoms in total. The topological polar surface area (TPSA) is 46.9 Å². The third-order valence-corrected chi connectivity index (χ3v) is 3.78. The molecule has 1 N–H and O–H groups in total. The summed E-state index contributed by atoms with van der Waals surface area (Å²) in [6, 6.07) is 15.3. The van der Waals surface area contributed by atoms with Crippen LogP contribution in [0.2, 0.25) is 5.02 Å². The van der Waals surface area contributed by atoms with Crippen molar-refractivity contribution in [1.29, 1.82) is 0 Å². The Kier molecular flexibility index (Phi) is 4.44. The lowest BCUT2D eigenvalue weighted by atomic mass is 10.1. The SMILES string of the molecule is Cc1ccc(CNc2nccn(-c3ccc(Cl)cc3)c2=O)cc1. The maximum atomic E-state index is 12.5. The zero-order valence-electron chi connectivity index (χ0n) is 12.7. The van der Waals surface area contributed by atoms with Crippen LogP contribution in [0.25, 0.3) is 5.69 Å². The molecule has 1 heterocycles. The van der Waals surface area contributed by atoms with E-state index in [1.807, 2.05) is 31.2 Å². The summed E-state index contributed by atoms with van der Waals surface area (Å²) in [6.07, 6.45) is 3.25. The fraction of sp³-hybridized carbons (Fsp3) is 0.111. The number of aryl methyl sites for hydroxylation is 1. The van der Waals surface area contributed by atoms with E-state index in [0.717, 1.165) is 11.3 Å². The van der Waals surface area contributed by atoms with E-state index >= 15 is 0 Å². The van der Waals surface area contributed by atoms with Crippen molar-refractivity contribution in [2.45, 2.75) is 13.5 Å². The fourth-order valence-corrected chi connectivity index (χ4v) is 2.36. The minimum atomic E-state index is -0.193. The first-order chi connectivity index (χ1) is 11.1. The van der Waals surface area contributed by atoms with E-state index in [1.54, 1.807) is 41.2 Å². The third kappa shape index (κ3) is 3.60. The first-order valence-electron chi connectivity index (χ1n) is 7.26. The van der Waals surface area contributed by atoms with Crippen LogP contribution in [0.5, 0.6) is 0 Å². The van der Waals surface area contributed by atoms with Crippen LogP contribution in [0, 0.1) is 6.92 Å². The molecule has 0 unspecified atom stereocenters. The molecule has 1 aromatic heterocycles. The van der Waals surface area contributed by atoms with Gasteiger partial charge < -0.3 is 5.32 Å². The predicted octanol–water partition coefficient (Wildman–Crippen LogP) is 3.81. The van der Waals surface area contributed by atoms with Crippen molar-refractivity contribution in [1.82, 2.24) is 9.55 Å². The summed E-state index contributed by atoms with van der Waals surface area (Å²) >= 11 is 5.89. The quantitative estimate of drug-likeness (QED) is 0.793. The second-order valence-corrected chi connectivity index (χ2v) is 5.70. The Morgan fingerprint density at radius 3 is 2.48 bits per heavy atom. The molecular weight excluding hydrogens is 310 g/mol. The van der Waals surface area contributed by atoms with Gasteiger partial charge in [0.1, 0.15) is 0 Å². The van der Waals surface area contributed by atoms with E-state index in [-0.39, 0.29) is 5.56 Å². The van der Waals surface area contributed by atoms with Gasteiger partial charge in [0.15, 0.2) is 5.82 Å². The second kappa shape index (κ2) is 6.67. The molecule has 0 spiro atoms. The number of benzene rings is 2. The lowest BCUT2D eigenvalue weighted by Crippen LogP contribution is -2.23. The summed E-state index contributed by atoms with van der Waals surface area (Å²) in [7, 11) is 0. The van der Waals surface area contributed by atoms with Crippen LogP contribution in [0.4, 0.5) is 5.82 Å². The van der Waals surface area contributed by atoms with E-state index in [4.69, 9.17) is 11.6 Å². The Morgan fingerprint density at radius 1 is 1.09 bits per heavy atom. The number of hydrogen-bond donors (Lipinski definition) is 1. The molecule has 3 aromatic rings. The average molecular weight is 326 g/mol. The molecule has 0 bridgehead atoms. The Morgan fingerprint density at radius 2 is 1.78 bits per heavy atom. The number of hydrogen-bond acceptors (Lipinski definition) is 3. The molecule has 2 aromatic carbocycles. The lowest BCUT2D eigenvalue weighted by Gasteiger charge is -2.09. The average Bonchev–Trinajstić information content (AvgIpc) is 2.56. The van der Waals surface area contributed by atoms with E-state index in [2.05, 4.69) is 10.3 Å². The Labute approximate surface area is 139 Å². The van der Waals surface area contributed by atoms with Gasteiger partial charge >= 0.3 is 0 Å². The first-order valence-corrected chi connectivity index (χ1v) is 7.64. The molecule has 0 saturated carbocycles. The van der Waals surface area contributed by atoms with Crippen LogP contribution in [0.1, 0.15) is 11.1 Å². The number of aromatic nitrogens is 2. The predicted molar refractivity (Wildman–Crippen MR) is 93.3 cm³/mol. The van der Waals surface area contributed by atoms with Crippen molar-refractivity contribution in [2.24, 2.45) is 0 Å². The highest BCUT2D eigenvalue weighted by Gasteiger charge is 2.06. The monoisotopic (exact) mass is 325 g/mol. The fourth-order valence-electron chi connectivity index (χ4n) is 2.23. The normalized spacial score (nSPS) is 10.5. The molecule has 0 atom stereocenters. The minimum Gasteiger partial charge on any atom is -0.361 e. The largest absolute Gasteiger partial charge is 0.361 e. The summed E-state index contributed by atoms with van der Waals surface area (Å²) in [5.41, 5.74) is 2.86. The molecule has 0 saturated heterocycles. The highest BCUT2D eigenvalue weighted by molar-refractivity contribution is 6.30. The molecule has 0 fully saturated rings. The molecule has 116 valence electrons. The Bertz CT molecular complexity index is 855. The van der Waals surface area contributed by atoms with Gasteiger partial charge in [-0.2, -0.15) is 0 Å². The van der Waals surface area contributed by atoms with Gasteiger partial charge in [-0.1, -0.05) is 41.4 Å². The smallest absolute Gasteiger partial charge is 0.297 e. The van der Waals surface area contributed by atoms with Gasteiger partial charge in [0.2, 0.25) is 0 Å². The van der Waals surface area contributed by atoms with Gasteiger partial charge in [-0.3, -0.25) is 9.36 Å². The zero-order chi connectivity index (χ0) is 16.2. The molecule has 0 amide bonds. The summed E-state index contributed by atoms with van der Waals surface area (Å²) in [4.78, 5) is 16.7. The van der Waals surface area contributed by atoms with Crippen LogP contribution >= 0.6 is 11.6 Å². The molecule has 0 radical (unpaired) electrons. The Balaban J connectivity index is 1.83. The van der Waals surface area contributed by atoms with Gasteiger partial charge in [-0.05, 0) is 36.8 Å². The second-order valence-electron chi connectivity index (χ2n) is 5.27. The molecule has 23 heavy (non-hydrogen) atoms. The van der Waals surface area contributed by atoms with E-state index in [1.165, 1.54) is 5.56 Å². The molecule has 0 aliphatic rings. The number of halogens is 1. The molecule has 0 aliphatic carbocycles. The van der Waals surface area contributed by atoms with Crippen molar-refractivity contribution in [3.8, 4) is 5.69 Å². The van der Waals surface area contributed by atoms with Gasteiger partial charge in [0.05, 0.1) is 0 Å². The highest BCUT2D eigenvalue weighted by atomic mass is 35.5. The zero-order valence-corrected chi connectivity index (χ0v) is 13.4. The summed E-state index contributed by atoms with van der Waals surface area (Å²) < 4.78 is 1.54. The standard InChI is InChI=1S/C18H16ClN3O/c1-13-2-4-14(5-3-13)12-21-17-18(23)22(11-10-20-17)16-8-6-15(19)7-9-16/h2-11H,12H2,1H3,(H,20,21). The summed E-state index contributed by atoms with van der Waals surface area (Å²) in [5.74, 6) is 0.322. The van der Waals surface area contributed by atoms with Crippen molar-refractivity contribution < 1.29 is 0 Å². The number of anilines is 1. The number of nitrogens with zero attached hydrogens (tertiary/aromatic N) is 2. The van der Waals surface area contributed by atoms with Crippen LogP contribution < -0.4 is 10.9 Å². The molecule has 5 heteroatoms. The first kappa shape index (κ1) is 15.3. The molecule has 0 aliphatic heterocycles. The molecular formula is C18H16ClN3O. The van der Waals surface area contributed by atoms with Crippen molar-refractivity contribution in [3.05, 3.63) is 87.4 Å². The van der Waals surface area contributed by atoms with Gasteiger partial charge in [-0.25, -0.2) is 4.98 Å². The van der Waals surface area contributed by atoms with Gasteiger partial charge in [-0.15, -0.1) is 0 Å². The Hall–Kier alpha value is -2.59. The van der Waals surface area contributed by atoms with Crippen molar-refractivity contribution in [2.75, 3.05) is 5.32 Å². The van der Waals surface area contributed by atoms with Gasteiger partial charge in [0.25, 0.3) is 5.56 Å². The van der Waals surface area contributed by atoms with Crippen LogP contribution in [-0.2, 0) is 6.54 Å². The van der Waals surface area contributed by atoms with Crippen LogP contribution in [0.3, 0.4) is 0 Å². The van der Waals surface area contributed by atoms with E-state index < -0.39 is 0 Å². The minimum absolute atomic E-state index is 0.193. The highest BCUT2D eigenvalue weighted by Crippen LogP contribution is 2.12. The van der Waals surface area contributed by atoms with E-state index in [9.17, 15) is 4.79 Å². The summed E-state index contributed by atoms with van der Waals surface area (Å²) in [6.45, 7) is 2.59. The lowest BCUT2D eigenvalue weighted by molar-refractivity contribution is 0.944. The maximum Gasteiger partial charge on any atom is 0.297 e. The third-order valence-electron chi connectivity index (χ3n) is 3.53. The van der Waals surface area contributed by atoms with Crippen molar-refractivity contribution in [3.63, 3.8) is 0 Å². The summed E-state index contributed by atoms with van der Waals surface area (Å²) in [5, 5.41) is 3.73. The van der Waals surface area contributed by atoms with E-state index in [0.29, 0.717) is 17.4 Å².